The van der Waals surface area contributed by atoms with E-state index < -0.39 is 97.5 Å². The predicted molar refractivity (Wildman–Crippen MR) is 372 cm³/mol. The number of phosphoric ester groups is 2. The van der Waals surface area contributed by atoms with Gasteiger partial charge in [-0.3, -0.25) is 37.3 Å². The summed E-state index contributed by atoms with van der Waals surface area (Å²) in [5, 5.41) is 10.6. The summed E-state index contributed by atoms with van der Waals surface area (Å²) in [6.07, 6.45) is 65.9. The molecule has 5 atom stereocenters. The van der Waals surface area contributed by atoms with Gasteiger partial charge in [-0.1, -0.05) is 253 Å². The summed E-state index contributed by atoms with van der Waals surface area (Å²) in [7, 11) is -9.96. The Hall–Kier alpha value is -4.02. The van der Waals surface area contributed by atoms with E-state index in [1.165, 1.54) is 64.2 Å². The van der Waals surface area contributed by atoms with Gasteiger partial charge in [0.25, 0.3) is 0 Å². The third kappa shape index (κ3) is 64.7. The van der Waals surface area contributed by atoms with Crippen LogP contribution in [-0.4, -0.2) is 96.7 Å². The summed E-state index contributed by atoms with van der Waals surface area (Å²) < 4.78 is 68.1. The Kier molecular flexibility index (Phi) is 62.8. The molecule has 3 N–H and O–H groups in total. The molecule has 0 aliphatic rings. The van der Waals surface area contributed by atoms with Crippen molar-refractivity contribution in [3.8, 4) is 0 Å². The second kappa shape index (κ2) is 65.6. The standard InChI is InChI=1S/C73H126O17P2/c1-5-9-13-17-21-25-29-32-33-36-39-42-46-50-54-58-71(76)84-63-68(89-72(77)59-55-51-47-43-37-28-24-20-16-12-8-4)65-87-91(79,80)85-61-67(74)62-86-92(81,82)88-66-69(90-73(78)60-56-52-48-44-40-35-31-27-23-19-15-11-7-3)64-83-70(75)57-53-49-45-41-38-34-30-26-22-18-14-10-6-2/h9,13-14,18,21,25-27,30-33,39,42,50,54,67-69,74H,5-8,10-12,15-17,19-20,22-24,28-29,34-38,40-41,43-49,51-53,55-66H2,1-4H3,(H,79,80)(H,81,82)/b13-9-,18-14-,25-21-,30-26-,31-27-,33-32-,42-39-,54-50-. The minimum Gasteiger partial charge on any atom is -0.462 e. The zero-order chi connectivity index (χ0) is 67.5. The van der Waals surface area contributed by atoms with Crippen LogP contribution in [0, 0.1) is 0 Å². The number of ether oxygens (including phenoxy) is 4. The molecule has 0 heterocycles. The molecule has 0 amide bonds. The van der Waals surface area contributed by atoms with Crippen molar-refractivity contribution < 1.29 is 80.2 Å². The molecule has 0 aliphatic carbocycles. The maximum atomic E-state index is 13.0. The maximum Gasteiger partial charge on any atom is 0.472 e. The Morgan fingerprint density at radius 2 is 0.630 bits per heavy atom. The monoisotopic (exact) mass is 1340 g/mol. The van der Waals surface area contributed by atoms with Crippen molar-refractivity contribution in [2.75, 3.05) is 39.6 Å². The molecule has 0 aromatic rings. The van der Waals surface area contributed by atoms with Crippen molar-refractivity contribution in [3.63, 3.8) is 0 Å². The van der Waals surface area contributed by atoms with Gasteiger partial charge in [-0.2, -0.15) is 0 Å². The van der Waals surface area contributed by atoms with Crippen molar-refractivity contribution in [3.05, 3.63) is 97.2 Å². The zero-order valence-electron chi connectivity index (χ0n) is 57.4. The van der Waals surface area contributed by atoms with E-state index in [4.69, 9.17) is 37.0 Å². The Balaban J connectivity index is 5.39. The molecule has 92 heavy (non-hydrogen) atoms. The first kappa shape index (κ1) is 88.0. The van der Waals surface area contributed by atoms with Gasteiger partial charge < -0.3 is 33.8 Å². The normalized spacial score (nSPS) is 14.6. The van der Waals surface area contributed by atoms with Crippen LogP contribution in [0.1, 0.15) is 285 Å². The molecule has 5 unspecified atom stereocenters. The van der Waals surface area contributed by atoms with E-state index in [0.29, 0.717) is 25.7 Å². The molecule has 0 rings (SSSR count). The number of aliphatic hydroxyl groups excluding tert-OH is 1. The highest BCUT2D eigenvalue weighted by atomic mass is 31.2. The van der Waals surface area contributed by atoms with Crippen molar-refractivity contribution in [2.45, 2.75) is 303 Å². The van der Waals surface area contributed by atoms with Gasteiger partial charge in [0.15, 0.2) is 12.2 Å². The molecule has 530 valence electrons. The fourth-order valence-corrected chi connectivity index (χ4v) is 10.7. The van der Waals surface area contributed by atoms with Crippen molar-refractivity contribution in [2.24, 2.45) is 0 Å². The lowest BCUT2D eigenvalue weighted by molar-refractivity contribution is -0.161. The molecule has 0 saturated carbocycles. The van der Waals surface area contributed by atoms with Gasteiger partial charge in [-0.05, 0) is 103 Å². The summed E-state index contributed by atoms with van der Waals surface area (Å²) in [6.45, 7) is 4.52. The highest BCUT2D eigenvalue weighted by Crippen LogP contribution is 2.45. The van der Waals surface area contributed by atoms with E-state index in [2.05, 4.69) is 101 Å². The summed E-state index contributed by atoms with van der Waals surface area (Å²) in [6, 6.07) is 0. The number of allylic oxidation sites excluding steroid dienone is 15. The minimum atomic E-state index is -4.98. The third-order valence-corrected chi connectivity index (χ3v) is 16.4. The third-order valence-electron chi connectivity index (χ3n) is 14.5. The quantitative estimate of drug-likeness (QED) is 0.0169. The van der Waals surface area contributed by atoms with Gasteiger partial charge in [0.2, 0.25) is 0 Å². The number of phosphoric acid groups is 2. The second-order valence-corrected chi connectivity index (χ2v) is 26.4. The van der Waals surface area contributed by atoms with Gasteiger partial charge in [0, 0.05) is 19.3 Å². The first-order valence-electron chi connectivity index (χ1n) is 35.5. The lowest BCUT2D eigenvalue weighted by atomic mass is 10.1. The van der Waals surface area contributed by atoms with E-state index in [0.717, 1.165) is 141 Å². The Bertz CT molecular complexity index is 2130. The van der Waals surface area contributed by atoms with Crippen LogP contribution in [0.3, 0.4) is 0 Å². The molecule has 0 aromatic carbocycles. The number of aliphatic hydroxyl groups is 1. The summed E-state index contributed by atoms with van der Waals surface area (Å²) in [5.74, 6) is -2.34. The van der Waals surface area contributed by atoms with Gasteiger partial charge in [0.05, 0.1) is 32.8 Å². The predicted octanol–water partition coefficient (Wildman–Crippen LogP) is 19.7. The Labute approximate surface area is 557 Å². The highest BCUT2D eigenvalue weighted by Gasteiger charge is 2.30. The van der Waals surface area contributed by atoms with Crippen LogP contribution in [0.15, 0.2) is 97.2 Å². The smallest absolute Gasteiger partial charge is 0.462 e. The van der Waals surface area contributed by atoms with Crippen LogP contribution < -0.4 is 0 Å². The Morgan fingerprint density at radius 3 is 1.03 bits per heavy atom. The zero-order valence-corrected chi connectivity index (χ0v) is 59.2. The molecular formula is C73H126O17P2. The Morgan fingerprint density at radius 1 is 0.326 bits per heavy atom. The maximum absolute atomic E-state index is 13.0. The summed E-state index contributed by atoms with van der Waals surface area (Å²) in [5.41, 5.74) is 0. The van der Waals surface area contributed by atoms with Crippen LogP contribution in [0.2, 0.25) is 0 Å². The average Bonchev–Trinajstić information content (AvgIpc) is 2.24. The molecule has 0 spiro atoms. The van der Waals surface area contributed by atoms with E-state index in [1.54, 1.807) is 6.08 Å². The first-order chi connectivity index (χ1) is 44.7. The van der Waals surface area contributed by atoms with Crippen LogP contribution in [-0.2, 0) is 65.4 Å². The molecule has 0 aromatic heterocycles. The lowest BCUT2D eigenvalue weighted by Crippen LogP contribution is -2.30. The molecule has 0 fully saturated rings. The number of carbonyl (C=O) groups is 4. The van der Waals surface area contributed by atoms with Crippen LogP contribution in [0.4, 0.5) is 0 Å². The molecule has 0 aliphatic heterocycles. The molecule has 0 bridgehead atoms. The average molecular weight is 1340 g/mol. The van der Waals surface area contributed by atoms with Crippen LogP contribution >= 0.6 is 15.6 Å². The van der Waals surface area contributed by atoms with E-state index in [1.807, 2.05) is 18.2 Å². The largest absolute Gasteiger partial charge is 0.472 e. The second-order valence-electron chi connectivity index (χ2n) is 23.5. The van der Waals surface area contributed by atoms with Gasteiger partial charge >= 0.3 is 39.5 Å². The summed E-state index contributed by atoms with van der Waals surface area (Å²) >= 11 is 0. The van der Waals surface area contributed by atoms with E-state index in [9.17, 15) is 43.2 Å². The number of rotatable bonds is 66. The van der Waals surface area contributed by atoms with Gasteiger partial charge in [-0.15, -0.1) is 0 Å². The number of esters is 4. The van der Waals surface area contributed by atoms with Crippen molar-refractivity contribution in [1.82, 2.24) is 0 Å². The lowest BCUT2D eigenvalue weighted by Gasteiger charge is -2.21. The van der Waals surface area contributed by atoms with E-state index >= 15 is 0 Å². The van der Waals surface area contributed by atoms with Crippen molar-refractivity contribution >= 4 is 39.5 Å². The van der Waals surface area contributed by atoms with E-state index in [-0.39, 0.29) is 25.7 Å². The van der Waals surface area contributed by atoms with Crippen molar-refractivity contribution in [1.29, 1.82) is 0 Å². The molecule has 17 nitrogen and oxygen atoms in total. The van der Waals surface area contributed by atoms with Crippen LogP contribution in [0.5, 0.6) is 0 Å². The molecule has 0 radical (unpaired) electrons. The molecular weight excluding hydrogens is 1210 g/mol. The topological polar surface area (TPSA) is 237 Å². The molecule has 19 heteroatoms. The first-order valence-corrected chi connectivity index (χ1v) is 38.5. The summed E-state index contributed by atoms with van der Waals surface area (Å²) in [4.78, 5) is 72.5. The fraction of sp³-hybridized carbons (Fsp3) is 0.726. The minimum absolute atomic E-state index is 0.0693. The SMILES string of the molecule is CC/C=C\C/C=C\C/C=C\C/C=C\C/C=C\CC(=O)OCC(COP(=O)(O)OCC(O)COP(=O)(O)OCC(COC(=O)CCCCCCC/C=C\C/C=C\CCC)OC(=O)CCCCCCC/C=C\CCCCCC)OC(=O)CCCCCCCCCCCCC. The number of unbranched alkanes of at least 4 members (excludes halogenated alkanes) is 25. The van der Waals surface area contributed by atoms with Gasteiger partial charge in [-0.25, -0.2) is 9.13 Å². The number of hydrogen-bond donors (Lipinski definition) is 3. The number of hydrogen-bond acceptors (Lipinski definition) is 15. The van der Waals surface area contributed by atoms with Gasteiger partial charge in [0.1, 0.15) is 19.3 Å². The molecule has 0 saturated heterocycles. The highest BCUT2D eigenvalue weighted by molar-refractivity contribution is 7.47. The fourth-order valence-electron chi connectivity index (χ4n) is 9.15. The van der Waals surface area contributed by atoms with Crippen LogP contribution in [0.25, 0.3) is 0 Å². The number of carbonyl (C=O) groups excluding carboxylic acids is 4.